The van der Waals surface area contributed by atoms with Crippen LogP contribution in [0.1, 0.15) is 53.5 Å². The molecule has 0 saturated carbocycles. The molecular formula is C26H31NO2. The largest absolute Gasteiger partial charge is 0.393 e. The first-order chi connectivity index (χ1) is 14.2. The molecule has 3 nitrogen and oxygen atoms in total. The maximum Gasteiger partial charge on any atom is 0.0901 e. The first kappa shape index (κ1) is 19.0. The fourth-order valence-corrected chi connectivity index (χ4v) is 5.69. The number of aliphatic hydroxyl groups is 1. The molecule has 3 heteroatoms. The number of aliphatic hydroxyl groups excluding tert-OH is 1. The number of nitrogens with zero attached hydrogens (tertiary/aromatic N) is 1. The number of piperidine rings is 1. The minimum Gasteiger partial charge on any atom is -0.393 e. The third kappa shape index (κ3) is 3.68. The Balaban J connectivity index is 1.37. The van der Waals surface area contributed by atoms with Crippen LogP contribution in [-0.4, -0.2) is 41.8 Å². The molecule has 5 atom stereocenters. The van der Waals surface area contributed by atoms with Crippen molar-refractivity contribution in [2.24, 2.45) is 5.92 Å². The Kier molecular flexibility index (Phi) is 5.29. The van der Waals surface area contributed by atoms with Crippen LogP contribution >= 0.6 is 0 Å². The van der Waals surface area contributed by atoms with E-state index in [9.17, 15) is 5.11 Å². The van der Waals surface area contributed by atoms with E-state index in [4.69, 9.17) is 4.74 Å². The molecular weight excluding hydrogens is 358 g/mol. The van der Waals surface area contributed by atoms with Gasteiger partial charge in [-0.3, -0.25) is 0 Å². The van der Waals surface area contributed by atoms with Gasteiger partial charge in [0.15, 0.2) is 0 Å². The van der Waals surface area contributed by atoms with Crippen LogP contribution in [0, 0.1) is 5.92 Å². The summed E-state index contributed by atoms with van der Waals surface area (Å²) in [4.78, 5) is 2.49. The third-order valence-electron chi connectivity index (χ3n) is 7.13. The Hall–Kier alpha value is -1.94. The summed E-state index contributed by atoms with van der Waals surface area (Å²) in [6, 6.07) is 17.7. The van der Waals surface area contributed by atoms with Crippen LogP contribution in [-0.2, 0) is 11.2 Å². The molecule has 1 aliphatic carbocycles. The maximum absolute atomic E-state index is 10.3. The van der Waals surface area contributed by atoms with E-state index >= 15 is 0 Å². The minimum absolute atomic E-state index is 0.152. The van der Waals surface area contributed by atoms with Crippen LogP contribution in [0.5, 0.6) is 0 Å². The summed E-state index contributed by atoms with van der Waals surface area (Å²) in [6.07, 6.45) is 5.94. The molecule has 0 bridgehead atoms. The predicted molar refractivity (Wildman–Crippen MR) is 116 cm³/mol. The van der Waals surface area contributed by atoms with Crippen molar-refractivity contribution in [1.82, 2.24) is 4.90 Å². The molecule has 2 heterocycles. The van der Waals surface area contributed by atoms with Crippen molar-refractivity contribution in [1.29, 1.82) is 0 Å². The van der Waals surface area contributed by atoms with Crippen molar-refractivity contribution in [3.63, 3.8) is 0 Å². The van der Waals surface area contributed by atoms with Crippen molar-refractivity contribution in [2.75, 3.05) is 19.6 Å². The van der Waals surface area contributed by atoms with Gasteiger partial charge in [-0.15, -0.1) is 6.58 Å². The second-order valence-corrected chi connectivity index (χ2v) is 9.00. The Morgan fingerprint density at radius 2 is 1.79 bits per heavy atom. The zero-order valence-corrected chi connectivity index (χ0v) is 17.0. The van der Waals surface area contributed by atoms with Crippen molar-refractivity contribution in [3.05, 3.63) is 83.4 Å². The van der Waals surface area contributed by atoms with Gasteiger partial charge in [0.2, 0.25) is 0 Å². The van der Waals surface area contributed by atoms with E-state index in [2.05, 4.69) is 60.0 Å². The lowest BCUT2D eigenvalue weighted by molar-refractivity contribution is -0.0144. The van der Waals surface area contributed by atoms with Crippen molar-refractivity contribution >= 4 is 0 Å². The Morgan fingerprint density at radius 3 is 2.59 bits per heavy atom. The number of rotatable bonds is 4. The molecule has 0 spiro atoms. The van der Waals surface area contributed by atoms with Gasteiger partial charge in [-0.05, 0) is 47.9 Å². The molecule has 0 radical (unpaired) electrons. The molecule has 2 saturated heterocycles. The van der Waals surface area contributed by atoms with E-state index < -0.39 is 0 Å². The van der Waals surface area contributed by atoms with Gasteiger partial charge < -0.3 is 14.7 Å². The first-order valence-corrected chi connectivity index (χ1v) is 11.1. The highest BCUT2D eigenvalue weighted by atomic mass is 16.5. The molecule has 1 N–H and O–H groups in total. The van der Waals surface area contributed by atoms with E-state index in [1.54, 1.807) is 0 Å². The smallest absolute Gasteiger partial charge is 0.0901 e. The zero-order valence-electron chi connectivity index (χ0n) is 17.0. The fraction of sp³-hybridized carbons (Fsp3) is 0.462. The topological polar surface area (TPSA) is 32.7 Å². The van der Waals surface area contributed by atoms with Crippen LogP contribution in [0.4, 0.5) is 0 Å². The number of hydrogen-bond donors (Lipinski definition) is 1. The van der Waals surface area contributed by atoms with Crippen molar-refractivity contribution in [2.45, 2.75) is 49.9 Å². The number of fused-ring (bicyclic) bond motifs is 5. The zero-order chi connectivity index (χ0) is 19.8. The second-order valence-electron chi connectivity index (χ2n) is 9.00. The molecule has 2 aromatic rings. The summed E-state index contributed by atoms with van der Waals surface area (Å²) < 4.78 is 6.73. The number of allylic oxidation sites excluding steroid dienone is 1. The minimum atomic E-state index is -0.196. The second kappa shape index (κ2) is 8.06. The maximum atomic E-state index is 10.3. The first-order valence-electron chi connectivity index (χ1n) is 11.1. The molecule has 152 valence electrons. The van der Waals surface area contributed by atoms with E-state index in [-0.39, 0.29) is 18.3 Å². The summed E-state index contributed by atoms with van der Waals surface area (Å²) in [7, 11) is 0. The van der Waals surface area contributed by atoms with E-state index in [0.29, 0.717) is 11.8 Å². The summed E-state index contributed by atoms with van der Waals surface area (Å²) in [5, 5.41) is 10.3. The van der Waals surface area contributed by atoms with Crippen LogP contribution in [0.3, 0.4) is 0 Å². The van der Waals surface area contributed by atoms with Gasteiger partial charge in [0.1, 0.15) is 0 Å². The molecule has 2 aromatic carbocycles. The van der Waals surface area contributed by atoms with Gasteiger partial charge in [0.05, 0.1) is 18.3 Å². The molecule has 0 amide bonds. The molecule has 3 aliphatic rings. The average Bonchev–Trinajstić information content (AvgIpc) is 3.09. The molecule has 5 unspecified atom stereocenters. The summed E-state index contributed by atoms with van der Waals surface area (Å²) in [5.41, 5.74) is 5.69. The van der Waals surface area contributed by atoms with Crippen LogP contribution in [0.15, 0.2) is 61.2 Å². The van der Waals surface area contributed by atoms with Gasteiger partial charge in [-0.1, -0.05) is 54.6 Å². The van der Waals surface area contributed by atoms with Gasteiger partial charge in [-0.25, -0.2) is 0 Å². The standard InChI is InChI=1S/C26H31NO2/c1-2-7-20-16-27(13-12-25(20)28)17-21-15-24-22-10-5-3-8-18(22)14-19-9-4-6-11-23(19)26(24)29-21/h2-6,8-11,20-21,24-26,28H,1,7,12-17H2. The quantitative estimate of drug-likeness (QED) is 0.784. The molecule has 2 aliphatic heterocycles. The van der Waals surface area contributed by atoms with E-state index in [1.165, 1.54) is 22.3 Å². The van der Waals surface area contributed by atoms with Gasteiger partial charge in [0, 0.05) is 31.5 Å². The number of ether oxygens (including phenoxy) is 1. The highest BCUT2D eigenvalue weighted by Gasteiger charge is 2.41. The molecule has 0 aromatic heterocycles. The SMILES string of the molecule is C=CCC1CN(CC2CC3c4ccccc4Cc4ccccc4C3O2)CCC1O. The van der Waals surface area contributed by atoms with Gasteiger partial charge in [0.25, 0.3) is 0 Å². The number of likely N-dealkylation sites (tertiary alicyclic amines) is 1. The Morgan fingerprint density at radius 1 is 1.07 bits per heavy atom. The van der Waals surface area contributed by atoms with Crippen molar-refractivity contribution < 1.29 is 9.84 Å². The molecule has 5 rings (SSSR count). The third-order valence-corrected chi connectivity index (χ3v) is 7.13. The fourth-order valence-electron chi connectivity index (χ4n) is 5.69. The van der Waals surface area contributed by atoms with Crippen LogP contribution in [0.2, 0.25) is 0 Å². The van der Waals surface area contributed by atoms with Crippen molar-refractivity contribution in [3.8, 4) is 0 Å². The highest BCUT2D eigenvalue weighted by Crippen LogP contribution is 2.49. The lowest BCUT2D eigenvalue weighted by Crippen LogP contribution is -2.45. The Labute approximate surface area is 174 Å². The summed E-state index contributed by atoms with van der Waals surface area (Å²) >= 11 is 0. The summed E-state index contributed by atoms with van der Waals surface area (Å²) in [6.45, 7) is 6.72. The van der Waals surface area contributed by atoms with E-state index in [0.717, 1.165) is 45.3 Å². The van der Waals surface area contributed by atoms with Crippen LogP contribution < -0.4 is 0 Å². The average molecular weight is 390 g/mol. The summed E-state index contributed by atoms with van der Waals surface area (Å²) in [5.74, 6) is 0.730. The monoisotopic (exact) mass is 389 g/mol. The van der Waals surface area contributed by atoms with Gasteiger partial charge in [-0.2, -0.15) is 0 Å². The highest BCUT2D eigenvalue weighted by molar-refractivity contribution is 5.45. The normalized spacial score (nSPS) is 31.4. The Bertz CT molecular complexity index is 825. The lowest BCUT2D eigenvalue weighted by atomic mass is 9.87. The molecule has 2 fully saturated rings. The predicted octanol–water partition coefficient (Wildman–Crippen LogP) is 4.46. The van der Waals surface area contributed by atoms with Crippen LogP contribution in [0.25, 0.3) is 0 Å². The molecule has 29 heavy (non-hydrogen) atoms. The number of benzene rings is 2. The van der Waals surface area contributed by atoms with Gasteiger partial charge >= 0.3 is 0 Å². The lowest BCUT2D eigenvalue weighted by Gasteiger charge is -2.37. The van der Waals surface area contributed by atoms with E-state index in [1.807, 2.05) is 6.08 Å². The number of hydrogen-bond acceptors (Lipinski definition) is 3.